The largest absolute Gasteiger partial charge is 0.497 e. The zero-order chi connectivity index (χ0) is 26.2. The number of benzene rings is 3. The first-order valence-corrected chi connectivity index (χ1v) is 12.8. The molecule has 1 aliphatic rings. The van der Waals surface area contributed by atoms with Crippen LogP contribution in [0.25, 0.3) is 22.0 Å². The molecular weight excluding hydrogens is 546 g/mol. The normalized spacial score (nSPS) is 15.1. The fraction of sp³-hybridized carbons (Fsp3) is 0.100. The molecule has 0 saturated carbocycles. The fourth-order valence-corrected chi connectivity index (χ4v) is 5.25. The summed E-state index contributed by atoms with van der Waals surface area (Å²) in [6.07, 6.45) is 1.80. The molecule has 1 aliphatic heterocycles. The number of hydrogen-bond donors (Lipinski definition) is 1. The van der Waals surface area contributed by atoms with E-state index in [1.807, 2.05) is 72.8 Å². The average molecular weight is 568 g/mol. The smallest absolute Gasteiger partial charge is 0.310 e. The number of aromatic nitrogens is 1. The van der Waals surface area contributed by atoms with Crippen molar-refractivity contribution in [1.82, 2.24) is 9.99 Å². The van der Waals surface area contributed by atoms with E-state index in [0.717, 1.165) is 32.1 Å². The van der Waals surface area contributed by atoms with Crippen LogP contribution in [-0.4, -0.2) is 28.7 Å². The van der Waals surface area contributed by atoms with Gasteiger partial charge < -0.3 is 14.1 Å². The summed E-state index contributed by atoms with van der Waals surface area (Å²) in [5.41, 5.74) is 3.93. The second-order valence-electron chi connectivity index (χ2n) is 8.93. The summed E-state index contributed by atoms with van der Waals surface area (Å²) in [5.74, 6) is 0.500. The van der Waals surface area contributed by atoms with E-state index in [1.54, 1.807) is 19.2 Å². The first-order valence-electron chi connectivity index (χ1n) is 12.0. The summed E-state index contributed by atoms with van der Waals surface area (Å²) in [7, 11) is 1.61. The van der Waals surface area contributed by atoms with Gasteiger partial charge in [-0.05, 0) is 53.6 Å². The molecule has 0 spiro atoms. The molecule has 38 heavy (non-hydrogen) atoms. The number of hydrazone groups is 1. The minimum Gasteiger partial charge on any atom is -0.497 e. The number of nitrogens with one attached hydrogen (secondary N) is 1. The van der Waals surface area contributed by atoms with Crippen molar-refractivity contribution in [2.75, 3.05) is 7.11 Å². The minimum atomic E-state index is -0.435. The predicted octanol–water partition coefficient (Wildman–Crippen LogP) is 6.55. The van der Waals surface area contributed by atoms with E-state index in [9.17, 15) is 9.59 Å². The van der Waals surface area contributed by atoms with Gasteiger partial charge in [-0.15, -0.1) is 0 Å². The number of hydrogen-bond acceptors (Lipinski definition) is 5. The highest BCUT2D eigenvalue weighted by molar-refractivity contribution is 9.10. The molecule has 1 amide bonds. The summed E-state index contributed by atoms with van der Waals surface area (Å²) in [4.78, 5) is 30.2. The Morgan fingerprint density at radius 2 is 1.82 bits per heavy atom. The van der Waals surface area contributed by atoms with E-state index in [2.05, 4.69) is 20.9 Å². The number of methoxy groups -OCH3 is 1. The highest BCUT2D eigenvalue weighted by Gasteiger charge is 2.36. The number of H-pyrrole nitrogens is 1. The van der Waals surface area contributed by atoms with Gasteiger partial charge in [0.2, 0.25) is 0 Å². The van der Waals surface area contributed by atoms with Gasteiger partial charge in [0.15, 0.2) is 5.76 Å². The average Bonchev–Trinajstić information content (AvgIpc) is 3.64. The highest BCUT2D eigenvalue weighted by Crippen LogP contribution is 2.38. The predicted molar refractivity (Wildman–Crippen MR) is 149 cm³/mol. The molecule has 0 saturated heterocycles. The summed E-state index contributed by atoms with van der Waals surface area (Å²) in [6.45, 7) is 0. The third-order valence-electron chi connectivity index (χ3n) is 6.68. The summed E-state index contributed by atoms with van der Waals surface area (Å²) in [6, 6.07) is 25.9. The van der Waals surface area contributed by atoms with Gasteiger partial charge in [-0.25, -0.2) is 5.01 Å². The lowest BCUT2D eigenvalue weighted by molar-refractivity contribution is 0.0678. The first kappa shape index (κ1) is 23.9. The Bertz CT molecular complexity index is 1730. The Hall–Kier alpha value is -4.43. The van der Waals surface area contributed by atoms with E-state index in [4.69, 9.17) is 14.3 Å². The number of ether oxygens (including phenoxy) is 1. The van der Waals surface area contributed by atoms with Crippen LogP contribution in [0.2, 0.25) is 0 Å². The number of fused-ring (bicyclic) bond motifs is 1. The number of pyridine rings is 1. The standard InChI is InChI=1S/C30H22BrN3O4/c1-37-21-12-9-18(10-13-21)25-17-24(33-34(25)30(36)26-8-5-15-38-26)28-27(19-6-3-2-4-7-19)22-16-20(31)11-14-23(22)32-29(28)35/h2-16,25H,17H2,1H3,(H,32,35). The van der Waals surface area contributed by atoms with Crippen LogP contribution >= 0.6 is 15.9 Å². The zero-order valence-corrected chi connectivity index (χ0v) is 21.9. The molecule has 7 nitrogen and oxygen atoms in total. The van der Waals surface area contributed by atoms with E-state index in [-0.39, 0.29) is 17.2 Å². The van der Waals surface area contributed by atoms with Crippen LogP contribution in [-0.2, 0) is 0 Å². The molecule has 1 N–H and O–H groups in total. The van der Waals surface area contributed by atoms with Crippen molar-refractivity contribution in [1.29, 1.82) is 0 Å². The van der Waals surface area contributed by atoms with Crippen LogP contribution in [0.1, 0.15) is 34.1 Å². The fourth-order valence-electron chi connectivity index (χ4n) is 4.89. The van der Waals surface area contributed by atoms with Crippen molar-refractivity contribution in [3.05, 3.63) is 123 Å². The molecule has 3 heterocycles. The number of rotatable bonds is 5. The Morgan fingerprint density at radius 3 is 2.53 bits per heavy atom. The number of amides is 1. The van der Waals surface area contributed by atoms with Crippen molar-refractivity contribution in [3.8, 4) is 16.9 Å². The lowest BCUT2D eigenvalue weighted by Gasteiger charge is -2.21. The molecule has 1 unspecified atom stereocenters. The van der Waals surface area contributed by atoms with Gasteiger partial charge in [0.05, 0.1) is 30.7 Å². The van der Waals surface area contributed by atoms with Gasteiger partial charge in [0.1, 0.15) is 5.75 Å². The quantitative estimate of drug-likeness (QED) is 0.261. The second-order valence-corrected chi connectivity index (χ2v) is 9.84. The number of halogens is 1. The van der Waals surface area contributed by atoms with E-state index in [0.29, 0.717) is 23.4 Å². The molecule has 5 aromatic rings. The van der Waals surface area contributed by atoms with Gasteiger partial charge in [-0.1, -0.05) is 58.4 Å². The number of nitrogens with zero attached hydrogens (tertiary/aromatic N) is 2. The number of furan rings is 1. The number of carbonyl (C=O) groups is 1. The molecule has 2 aromatic heterocycles. The second kappa shape index (κ2) is 9.79. The molecule has 3 aromatic carbocycles. The van der Waals surface area contributed by atoms with Gasteiger partial charge in [0.25, 0.3) is 5.56 Å². The summed E-state index contributed by atoms with van der Waals surface area (Å²) >= 11 is 3.57. The summed E-state index contributed by atoms with van der Waals surface area (Å²) < 4.78 is 11.6. The van der Waals surface area contributed by atoms with Crippen molar-refractivity contribution < 1.29 is 13.9 Å². The van der Waals surface area contributed by atoms with E-state index >= 15 is 0 Å². The molecule has 6 rings (SSSR count). The maximum absolute atomic E-state index is 13.6. The molecule has 0 fully saturated rings. The highest BCUT2D eigenvalue weighted by atomic mass is 79.9. The van der Waals surface area contributed by atoms with Gasteiger partial charge in [-0.2, -0.15) is 5.10 Å². The molecule has 0 radical (unpaired) electrons. The van der Waals surface area contributed by atoms with Gasteiger partial charge in [-0.3, -0.25) is 9.59 Å². The van der Waals surface area contributed by atoms with Crippen LogP contribution in [0.15, 0.2) is 110 Å². The van der Waals surface area contributed by atoms with Crippen LogP contribution < -0.4 is 10.3 Å². The van der Waals surface area contributed by atoms with Crippen LogP contribution in [0, 0.1) is 0 Å². The van der Waals surface area contributed by atoms with Crippen LogP contribution in [0.5, 0.6) is 5.75 Å². The monoisotopic (exact) mass is 567 g/mol. The van der Waals surface area contributed by atoms with E-state index in [1.165, 1.54) is 11.3 Å². The van der Waals surface area contributed by atoms with Crippen LogP contribution in [0.3, 0.4) is 0 Å². The lowest BCUT2D eigenvalue weighted by Crippen LogP contribution is -2.26. The first-order chi connectivity index (χ1) is 18.5. The van der Waals surface area contributed by atoms with Crippen molar-refractivity contribution in [2.45, 2.75) is 12.5 Å². The Morgan fingerprint density at radius 1 is 1.03 bits per heavy atom. The van der Waals surface area contributed by atoms with Crippen molar-refractivity contribution in [2.24, 2.45) is 5.10 Å². The SMILES string of the molecule is COc1ccc(C2CC(c3c(-c4ccccc4)c4cc(Br)ccc4[nH]c3=O)=NN2C(=O)c2ccco2)cc1. The molecule has 188 valence electrons. The minimum absolute atomic E-state index is 0.174. The Balaban J connectivity index is 1.56. The number of carbonyl (C=O) groups excluding carboxylic acids is 1. The maximum atomic E-state index is 13.6. The van der Waals surface area contributed by atoms with Gasteiger partial charge >= 0.3 is 5.91 Å². The maximum Gasteiger partial charge on any atom is 0.310 e. The molecule has 1 atom stereocenters. The molecule has 8 heteroatoms. The number of aromatic amines is 1. The third-order valence-corrected chi connectivity index (χ3v) is 7.17. The molecule has 0 aliphatic carbocycles. The summed E-state index contributed by atoms with van der Waals surface area (Å²) in [5, 5.41) is 7.06. The van der Waals surface area contributed by atoms with E-state index < -0.39 is 6.04 Å². The molecule has 0 bridgehead atoms. The topological polar surface area (TPSA) is 87.9 Å². The zero-order valence-electron chi connectivity index (χ0n) is 20.4. The van der Waals surface area contributed by atoms with Crippen molar-refractivity contribution in [3.63, 3.8) is 0 Å². The van der Waals surface area contributed by atoms with Crippen LogP contribution in [0.4, 0.5) is 0 Å². The van der Waals surface area contributed by atoms with Gasteiger partial charge in [0, 0.05) is 27.4 Å². The third kappa shape index (κ3) is 4.22. The Labute approximate surface area is 226 Å². The van der Waals surface area contributed by atoms with Crippen molar-refractivity contribution >= 4 is 38.5 Å². The lowest BCUT2D eigenvalue weighted by atomic mass is 9.91. The molecular formula is C30H22BrN3O4. The Kier molecular flexibility index (Phi) is 6.17.